The SMILES string of the molecule is NCC1CC(C(=O)O)CO1. The standard InChI is InChI=1S/C6H11NO3/c7-2-5-1-4(3-10-5)6(8)9/h4-5H,1-3,7H2,(H,8,9). The van der Waals surface area contributed by atoms with Crippen molar-refractivity contribution in [1.82, 2.24) is 0 Å². The molecule has 1 aliphatic rings. The highest BCUT2D eigenvalue weighted by molar-refractivity contribution is 5.70. The van der Waals surface area contributed by atoms with Crippen LogP contribution >= 0.6 is 0 Å². The van der Waals surface area contributed by atoms with Gasteiger partial charge in [0.05, 0.1) is 18.6 Å². The van der Waals surface area contributed by atoms with Gasteiger partial charge >= 0.3 is 5.97 Å². The second kappa shape index (κ2) is 2.98. The summed E-state index contributed by atoms with van der Waals surface area (Å²) in [5, 5.41) is 8.51. The number of carboxylic acids is 1. The first-order valence-corrected chi connectivity index (χ1v) is 3.28. The second-order valence-corrected chi connectivity index (χ2v) is 2.46. The summed E-state index contributed by atoms with van der Waals surface area (Å²) < 4.78 is 5.07. The minimum atomic E-state index is -0.782. The van der Waals surface area contributed by atoms with E-state index < -0.39 is 5.97 Å². The first kappa shape index (κ1) is 7.50. The molecule has 1 rings (SSSR count). The Bertz CT molecular complexity index is 137. The third kappa shape index (κ3) is 1.46. The van der Waals surface area contributed by atoms with E-state index in [-0.39, 0.29) is 12.0 Å². The summed E-state index contributed by atoms with van der Waals surface area (Å²) >= 11 is 0. The molecule has 0 saturated carbocycles. The van der Waals surface area contributed by atoms with Crippen molar-refractivity contribution in [1.29, 1.82) is 0 Å². The van der Waals surface area contributed by atoms with E-state index >= 15 is 0 Å². The van der Waals surface area contributed by atoms with E-state index in [0.717, 1.165) is 0 Å². The van der Waals surface area contributed by atoms with Crippen LogP contribution in [0.25, 0.3) is 0 Å². The van der Waals surface area contributed by atoms with Gasteiger partial charge in [0.1, 0.15) is 0 Å². The molecule has 3 N–H and O–H groups in total. The maximum atomic E-state index is 10.3. The quantitative estimate of drug-likeness (QED) is 0.546. The second-order valence-electron chi connectivity index (χ2n) is 2.46. The number of hydrogen-bond donors (Lipinski definition) is 2. The van der Waals surface area contributed by atoms with E-state index in [2.05, 4.69) is 0 Å². The molecule has 0 aromatic heterocycles. The van der Waals surface area contributed by atoms with Crippen molar-refractivity contribution in [3.63, 3.8) is 0 Å². The molecule has 0 aliphatic carbocycles. The summed E-state index contributed by atoms with van der Waals surface area (Å²) in [4.78, 5) is 10.3. The lowest BCUT2D eigenvalue weighted by atomic mass is 10.1. The molecule has 1 heterocycles. The van der Waals surface area contributed by atoms with Gasteiger partial charge in [0, 0.05) is 6.54 Å². The summed E-state index contributed by atoms with van der Waals surface area (Å²) in [5.41, 5.74) is 5.28. The Hall–Kier alpha value is -0.610. The minimum Gasteiger partial charge on any atom is -0.481 e. The third-order valence-electron chi connectivity index (χ3n) is 1.69. The van der Waals surface area contributed by atoms with Crippen LogP contribution in [-0.4, -0.2) is 30.3 Å². The molecule has 1 aliphatic heterocycles. The highest BCUT2D eigenvalue weighted by atomic mass is 16.5. The van der Waals surface area contributed by atoms with Gasteiger partial charge < -0.3 is 15.6 Å². The van der Waals surface area contributed by atoms with E-state index in [1.165, 1.54) is 0 Å². The fourth-order valence-electron chi connectivity index (χ4n) is 1.04. The number of carboxylic acid groups (broad SMARTS) is 1. The number of hydrogen-bond acceptors (Lipinski definition) is 3. The Labute approximate surface area is 59.0 Å². The first-order valence-electron chi connectivity index (χ1n) is 3.28. The van der Waals surface area contributed by atoms with Gasteiger partial charge in [-0.05, 0) is 6.42 Å². The molecule has 58 valence electrons. The molecular weight excluding hydrogens is 134 g/mol. The summed E-state index contributed by atoms with van der Waals surface area (Å²) in [6.07, 6.45) is 0.521. The molecule has 0 amide bonds. The normalized spacial score (nSPS) is 32.5. The van der Waals surface area contributed by atoms with Crippen LogP contribution < -0.4 is 5.73 Å². The van der Waals surface area contributed by atoms with E-state index in [0.29, 0.717) is 19.6 Å². The van der Waals surface area contributed by atoms with E-state index in [4.69, 9.17) is 15.6 Å². The van der Waals surface area contributed by atoms with Crippen molar-refractivity contribution in [2.75, 3.05) is 13.2 Å². The molecule has 0 bridgehead atoms. The number of nitrogens with two attached hydrogens (primary N) is 1. The smallest absolute Gasteiger partial charge is 0.308 e. The van der Waals surface area contributed by atoms with Crippen LogP contribution in [0, 0.1) is 5.92 Å². The molecular formula is C6H11NO3. The zero-order valence-corrected chi connectivity index (χ0v) is 5.62. The predicted octanol–water partition coefficient (Wildman–Crippen LogP) is -0.565. The van der Waals surface area contributed by atoms with E-state index in [1.807, 2.05) is 0 Å². The van der Waals surface area contributed by atoms with Crippen molar-refractivity contribution in [3.05, 3.63) is 0 Å². The van der Waals surface area contributed by atoms with Gasteiger partial charge in [-0.1, -0.05) is 0 Å². The van der Waals surface area contributed by atoms with Crippen molar-refractivity contribution in [3.8, 4) is 0 Å². The summed E-state index contributed by atoms with van der Waals surface area (Å²) in [7, 11) is 0. The zero-order chi connectivity index (χ0) is 7.56. The summed E-state index contributed by atoms with van der Waals surface area (Å²) in [5.74, 6) is -1.12. The van der Waals surface area contributed by atoms with Crippen LogP contribution in [0.3, 0.4) is 0 Å². The Kier molecular flexibility index (Phi) is 2.24. The maximum Gasteiger partial charge on any atom is 0.308 e. The first-order chi connectivity index (χ1) is 4.74. The van der Waals surface area contributed by atoms with E-state index in [9.17, 15) is 4.79 Å². The molecule has 1 fully saturated rings. The topological polar surface area (TPSA) is 72.6 Å². The fourth-order valence-corrected chi connectivity index (χ4v) is 1.04. The molecule has 0 aromatic carbocycles. The Morgan fingerprint density at radius 1 is 1.80 bits per heavy atom. The van der Waals surface area contributed by atoms with Gasteiger partial charge in [0.2, 0.25) is 0 Å². The highest BCUT2D eigenvalue weighted by Gasteiger charge is 2.29. The van der Waals surface area contributed by atoms with Crippen LogP contribution in [0.1, 0.15) is 6.42 Å². The minimum absolute atomic E-state index is 0.0406. The molecule has 2 unspecified atom stereocenters. The van der Waals surface area contributed by atoms with Gasteiger partial charge in [-0.15, -0.1) is 0 Å². The van der Waals surface area contributed by atoms with Gasteiger partial charge in [0.25, 0.3) is 0 Å². The summed E-state index contributed by atoms with van der Waals surface area (Å²) in [6, 6.07) is 0. The number of aliphatic carboxylic acids is 1. The fraction of sp³-hybridized carbons (Fsp3) is 0.833. The zero-order valence-electron chi connectivity index (χ0n) is 5.62. The number of ether oxygens (including phenoxy) is 1. The monoisotopic (exact) mass is 145 g/mol. The third-order valence-corrected chi connectivity index (χ3v) is 1.69. The summed E-state index contributed by atoms with van der Waals surface area (Å²) in [6.45, 7) is 0.737. The largest absolute Gasteiger partial charge is 0.481 e. The molecule has 10 heavy (non-hydrogen) atoms. The predicted molar refractivity (Wildman–Crippen MR) is 34.5 cm³/mol. The lowest BCUT2D eigenvalue weighted by Gasteiger charge is -2.02. The lowest BCUT2D eigenvalue weighted by Crippen LogP contribution is -2.19. The van der Waals surface area contributed by atoms with Gasteiger partial charge in [-0.3, -0.25) is 4.79 Å². The lowest BCUT2D eigenvalue weighted by molar-refractivity contribution is -0.141. The molecule has 4 nitrogen and oxygen atoms in total. The average molecular weight is 145 g/mol. The Morgan fingerprint density at radius 3 is 2.80 bits per heavy atom. The van der Waals surface area contributed by atoms with E-state index in [1.54, 1.807) is 0 Å². The molecule has 1 saturated heterocycles. The van der Waals surface area contributed by atoms with Crippen LogP contribution in [0.2, 0.25) is 0 Å². The van der Waals surface area contributed by atoms with Crippen LogP contribution in [0.15, 0.2) is 0 Å². The Morgan fingerprint density at radius 2 is 2.50 bits per heavy atom. The Balaban J connectivity index is 2.35. The number of rotatable bonds is 2. The van der Waals surface area contributed by atoms with Gasteiger partial charge in [0.15, 0.2) is 0 Å². The molecule has 0 aromatic rings. The van der Waals surface area contributed by atoms with Gasteiger partial charge in [-0.2, -0.15) is 0 Å². The number of carbonyl (C=O) groups is 1. The molecule has 0 radical (unpaired) electrons. The molecule has 0 spiro atoms. The van der Waals surface area contributed by atoms with Crippen molar-refractivity contribution >= 4 is 5.97 Å². The molecule has 2 atom stereocenters. The molecule has 4 heteroatoms. The highest BCUT2D eigenvalue weighted by Crippen LogP contribution is 2.18. The van der Waals surface area contributed by atoms with Crippen LogP contribution in [-0.2, 0) is 9.53 Å². The van der Waals surface area contributed by atoms with Crippen LogP contribution in [0.5, 0.6) is 0 Å². The average Bonchev–Trinajstić information content (AvgIpc) is 2.34. The van der Waals surface area contributed by atoms with Gasteiger partial charge in [-0.25, -0.2) is 0 Å². The maximum absolute atomic E-state index is 10.3. The van der Waals surface area contributed by atoms with Crippen LogP contribution in [0.4, 0.5) is 0 Å². The van der Waals surface area contributed by atoms with Crippen molar-refractivity contribution < 1.29 is 14.6 Å². The van der Waals surface area contributed by atoms with Crippen molar-refractivity contribution in [2.24, 2.45) is 11.7 Å². The van der Waals surface area contributed by atoms with Crippen molar-refractivity contribution in [2.45, 2.75) is 12.5 Å².